The summed E-state index contributed by atoms with van der Waals surface area (Å²) < 4.78 is 13.0. The second-order valence-electron chi connectivity index (χ2n) is 2.37. The molecule has 0 saturated heterocycles. The van der Waals surface area contributed by atoms with E-state index in [9.17, 15) is 9.18 Å². The molecule has 0 rings (SSSR count). The first kappa shape index (κ1) is 9.40. The number of alkyl halides is 1. The van der Waals surface area contributed by atoms with Crippen LogP contribution in [0.4, 0.5) is 4.39 Å². The molecule has 0 aliphatic carbocycles. The Morgan fingerprint density at radius 2 is 2.10 bits per heavy atom. The molecule has 1 unspecified atom stereocenters. The minimum atomic E-state index is -1.99. The molecule has 0 radical (unpaired) electrons. The number of halogens is 1. The van der Waals surface area contributed by atoms with Crippen molar-refractivity contribution in [2.24, 2.45) is 0 Å². The summed E-state index contributed by atoms with van der Waals surface area (Å²) >= 11 is 0. The van der Waals surface area contributed by atoms with Gasteiger partial charge in [-0.1, -0.05) is 20.3 Å². The Balaban J connectivity index is 4.08. The molecule has 0 aromatic rings. The molecule has 0 heterocycles. The van der Waals surface area contributed by atoms with Crippen molar-refractivity contribution in [2.75, 3.05) is 0 Å². The summed E-state index contributed by atoms with van der Waals surface area (Å²) in [5.41, 5.74) is -1.99. The molecule has 0 aromatic carbocycles. The Morgan fingerprint density at radius 1 is 1.60 bits per heavy atom. The van der Waals surface area contributed by atoms with E-state index in [2.05, 4.69) is 0 Å². The number of rotatable bonds is 4. The van der Waals surface area contributed by atoms with E-state index in [-0.39, 0.29) is 12.8 Å². The van der Waals surface area contributed by atoms with Crippen LogP contribution in [-0.2, 0) is 4.79 Å². The van der Waals surface area contributed by atoms with Gasteiger partial charge >= 0.3 is 5.97 Å². The predicted octanol–water partition coefficient (Wildman–Crippen LogP) is 1.99. The quantitative estimate of drug-likeness (QED) is 0.662. The van der Waals surface area contributed by atoms with Crippen LogP contribution in [0.1, 0.15) is 33.1 Å². The Hall–Kier alpha value is -0.600. The van der Waals surface area contributed by atoms with E-state index in [1.165, 1.54) is 0 Å². The van der Waals surface area contributed by atoms with Crippen LogP contribution in [0.2, 0.25) is 0 Å². The molecule has 60 valence electrons. The van der Waals surface area contributed by atoms with Gasteiger partial charge in [0.05, 0.1) is 0 Å². The summed E-state index contributed by atoms with van der Waals surface area (Å²) in [5, 5.41) is 8.39. The number of aliphatic carboxylic acids is 1. The van der Waals surface area contributed by atoms with Crippen molar-refractivity contribution < 1.29 is 14.3 Å². The van der Waals surface area contributed by atoms with Gasteiger partial charge in [-0.15, -0.1) is 0 Å². The monoisotopic (exact) mass is 148 g/mol. The van der Waals surface area contributed by atoms with Crippen LogP contribution < -0.4 is 0 Å². The molecule has 10 heavy (non-hydrogen) atoms. The highest BCUT2D eigenvalue weighted by molar-refractivity contribution is 5.77. The SMILES string of the molecule is CCCC(F)(CC)C(=O)O. The highest BCUT2D eigenvalue weighted by Gasteiger charge is 2.35. The van der Waals surface area contributed by atoms with Crippen LogP contribution in [0.3, 0.4) is 0 Å². The van der Waals surface area contributed by atoms with E-state index in [4.69, 9.17) is 5.11 Å². The maximum atomic E-state index is 13.0. The van der Waals surface area contributed by atoms with Crippen molar-refractivity contribution >= 4 is 5.97 Å². The van der Waals surface area contributed by atoms with Gasteiger partial charge < -0.3 is 5.11 Å². The molecule has 3 heteroatoms. The lowest BCUT2D eigenvalue weighted by Crippen LogP contribution is -2.32. The minimum Gasteiger partial charge on any atom is -0.479 e. The Labute approximate surface area is 60.1 Å². The summed E-state index contributed by atoms with van der Waals surface area (Å²) in [5.74, 6) is -1.34. The summed E-state index contributed by atoms with van der Waals surface area (Å²) in [6.07, 6.45) is 0.728. The van der Waals surface area contributed by atoms with Crippen LogP contribution in [0.15, 0.2) is 0 Å². The Kier molecular flexibility index (Phi) is 3.33. The molecule has 0 bridgehead atoms. The van der Waals surface area contributed by atoms with Gasteiger partial charge in [-0.3, -0.25) is 0 Å². The maximum Gasteiger partial charge on any atom is 0.341 e. The number of hydrogen-bond acceptors (Lipinski definition) is 1. The van der Waals surface area contributed by atoms with Gasteiger partial charge in [0.1, 0.15) is 0 Å². The van der Waals surface area contributed by atoms with Gasteiger partial charge in [0.2, 0.25) is 5.67 Å². The molecule has 0 amide bonds. The van der Waals surface area contributed by atoms with Crippen LogP contribution in [0, 0.1) is 0 Å². The second-order valence-corrected chi connectivity index (χ2v) is 2.37. The average molecular weight is 148 g/mol. The first-order valence-electron chi connectivity index (χ1n) is 3.49. The summed E-state index contributed by atoms with van der Waals surface area (Å²) in [6.45, 7) is 3.32. The fourth-order valence-corrected chi connectivity index (χ4v) is 0.831. The van der Waals surface area contributed by atoms with Gasteiger partial charge in [0.25, 0.3) is 0 Å². The molecule has 1 N–H and O–H groups in total. The van der Waals surface area contributed by atoms with Crippen molar-refractivity contribution in [1.29, 1.82) is 0 Å². The molecule has 2 nitrogen and oxygen atoms in total. The zero-order chi connectivity index (χ0) is 8.20. The van der Waals surface area contributed by atoms with Crippen molar-refractivity contribution in [2.45, 2.75) is 38.8 Å². The molecule has 0 spiro atoms. The lowest BCUT2D eigenvalue weighted by molar-refractivity contribution is -0.151. The average Bonchev–Trinajstić information content (AvgIpc) is 1.88. The third-order valence-corrected chi connectivity index (χ3v) is 1.59. The number of carbonyl (C=O) groups is 1. The van der Waals surface area contributed by atoms with Crippen LogP contribution in [0.25, 0.3) is 0 Å². The van der Waals surface area contributed by atoms with E-state index in [0.29, 0.717) is 6.42 Å². The first-order chi connectivity index (χ1) is 4.56. The van der Waals surface area contributed by atoms with Crippen molar-refractivity contribution in [1.82, 2.24) is 0 Å². The minimum absolute atomic E-state index is 0.0518. The third kappa shape index (κ3) is 1.97. The number of carboxylic acids is 1. The number of carboxylic acid groups (broad SMARTS) is 1. The van der Waals surface area contributed by atoms with E-state index < -0.39 is 11.6 Å². The standard InChI is InChI=1S/C7H13FO2/c1-3-5-7(8,4-2)6(9)10/h3-5H2,1-2H3,(H,9,10). The van der Waals surface area contributed by atoms with Crippen molar-refractivity contribution in [3.05, 3.63) is 0 Å². The van der Waals surface area contributed by atoms with Crippen LogP contribution >= 0.6 is 0 Å². The third-order valence-electron chi connectivity index (χ3n) is 1.59. The van der Waals surface area contributed by atoms with E-state index >= 15 is 0 Å². The molecule has 1 atom stereocenters. The molecular formula is C7H13FO2. The fraction of sp³-hybridized carbons (Fsp3) is 0.857. The first-order valence-corrected chi connectivity index (χ1v) is 3.49. The lowest BCUT2D eigenvalue weighted by Gasteiger charge is -2.16. The summed E-state index contributed by atoms with van der Waals surface area (Å²) in [6, 6.07) is 0. The predicted molar refractivity (Wildman–Crippen MR) is 36.7 cm³/mol. The summed E-state index contributed by atoms with van der Waals surface area (Å²) in [4.78, 5) is 10.3. The molecular weight excluding hydrogens is 135 g/mol. The Morgan fingerprint density at radius 3 is 2.20 bits per heavy atom. The maximum absolute atomic E-state index is 13.0. The molecule has 0 fully saturated rings. The molecule has 0 saturated carbocycles. The van der Waals surface area contributed by atoms with E-state index in [1.807, 2.05) is 0 Å². The highest BCUT2D eigenvalue weighted by atomic mass is 19.1. The summed E-state index contributed by atoms with van der Waals surface area (Å²) in [7, 11) is 0. The van der Waals surface area contributed by atoms with Gasteiger partial charge in [-0.05, 0) is 12.8 Å². The van der Waals surface area contributed by atoms with Gasteiger partial charge in [-0.2, -0.15) is 0 Å². The van der Waals surface area contributed by atoms with Gasteiger partial charge in [0.15, 0.2) is 0 Å². The largest absolute Gasteiger partial charge is 0.479 e. The topological polar surface area (TPSA) is 37.3 Å². The van der Waals surface area contributed by atoms with Crippen molar-refractivity contribution in [3.8, 4) is 0 Å². The fourth-order valence-electron chi connectivity index (χ4n) is 0.831. The Bertz CT molecular complexity index is 125. The highest BCUT2D eigenvalue weighted by Crippen LogP contribution is 2.22. The zero-order valence-corrected chi connectivity index (χ0v) is 6.35. The van der Waals surface area contributed by atoms with E-state index in [1.54, 1.807) is 13.8 Å². The number of hydrogen-bond donors (Lipinski definition) is 1. The molecule has 0 aromatic heterocycles. The van der Waals surface area contributed by atoms with Crippen LogP contribution in [-0.4, -0.2) is 16.7 Å². The van der Waals surface area contributed by atoms with Crippen molar-refractivity contribution in [3.63, 3.8) is 0 Å². The smallest absolute Gasteiger partial charge is 0.341 e. The lowest BCUT2D eigenvalue weighted by atomic mass is 9.98. The van der Waals surface area contributed by atoms with Crippen LogP contribution in [0.5, 0.6) is 0 Å². The van der Waals surface area contributed by atoms with Gasteiger partial charge in [-0.25, -0.2) is 9.18 Å². The molecule has 0 aliphatic rings. The normalized spacial score (nSPS) is 16.3. The zero-order valence-electron chi connectivity index (χ0n) is 6.35. The van der Waals surface area contributed by atoms with Gasteiger partial charge in [0, 0.05) is 0 Å². The molecule has 0 aliphatic heterocycles. The van der Waals surface area contributed by atoms with E-state index in [0.717, 1.165) is 0 Å². The second kappa shape index (κ2) is 3.54.